The molecule has 1 aromatic carbocycles. The zero-order valence-corrected chi connectivity index (χ0v) is 12.2. The average Bonchev–Trinajstić information content (AvgIpc) is 2.35. The van der Waals surface area contributed by atoms with Crippen LogP contribution in [0.4, 0.5) is 5.69 Å². The first-order valence-corrected chi connectivity index (χ1v) is 7.53. The molecule has 0 fully saturated rings. The Hall–Kier alpha value is -1.30. The van der Waals surface area contributed by atoms with Crippen LogP contribution >= 0.6 is 23.2 Å². The van der Waals surface area contributed by atoms with Crippen molar-refractivity contribution in [3.8, 4) is 0 Å². The summed E-state index contributed by atoms with van der Waals surface area (Å²) in [6.07, 6.45) is 1.20. The zero-order chi connectivity index (χ0) is 14.0. The first-order valence-electron chi connectivity index (χ1n) is 5.29. The number of nitrogens with one attached hydrogen (secondary N) is 1. The molecule has 0 saturated heterocycles. The van der Waals surface area contributed by atoms with E-state index in [4.69, 9.17) is 23.2 Å². The van der Waals surface area contributed by atoms with Crippen molar-refractivity contribution in [3.63, 3.8) is 0 Å². The summed E-state index contributed by atoms with van der Waals surface area (Å²) in [5.41, 5.74) is 1.09. The molecule has 19 heavy (non-hydrogen) atoms. The van der Waals surface area contributed by atoms with Crippen molar-refractivity contribution in [1.82, 2.24) is 4.98 Å². The number of anilines is 1. The smallest absolute Gasteiger partial charge is 0.263 e. The Morgan fingerprint density at radius 3 is 2.53 bits per heavy atom. The highest BCUT2D eigenvalue weighted by molar-refractivity contribution is 7.92. The standard InChI is InChI=1S/C12H10Cl2N2O2S/c1-8-10(13)3-2-4-11(8)16-19(17,18)9-5-6-12(14)15-7-9/h2-7,16H,1H3. The van der Waals surface area contributed by atoms with Gasteiger partial charge in [0.05, 0.1) is 5.69 Å². The summed E-state index contributed by atoms with van der Waals surface area (Å²) in [6, 6.07) is 7.81. The lowest BCUT2D eigenvalue weighted by Crippen LogP contribution is -2.14. The monoisotopic (exact) mass is 316 g/mol. The summed E-state index contributed by atoms with van der Waals surface area (Å²) in [4.78, 5) is 3.79. The maximum absolute atomic E-state index is 12.1. The Labute approximate surface area is 121 Å². The Kier molecular flexibility index (Phi) is 3.99. The van der Waals surface area contributed by atoms with Gasteiger partial charge in [0, 0.05) is 11.2 Å². The van der Waals surface area contributed by atoms with Gasteiger partial charge in [-0.25, -0.2) is 13.4 Å². The van der Waals surface area contributed by atoms with Crippen LogP contribution in [-0.4, -0.2) is 13.4 Å². The molecule has 0 aliphatic heterocycles. The van der Waals surface area contributed by atoms with E-state index in [1.807, 2.05) is 0 Å². The van der Waals surface area contributed by atoms with Crippen LogP contribution < -0.4 is 4.72 Å². The van der Waals surface area contributed by atoms with Gasteiger partial charge in [0.25, 0.3) is 10.0 Å². The molecule has 0 atom stereocenters. The normalized spacial score (nSPS) is 11.3. The summed E-state index contributed by atoms with van der Waals surface area (Å²) >= 11 is 11.6. The molecule has 4 nitrogen and oxygen atoms in total. The predicted octanol–water partition coefficient (Wildman–Crippen LogP) is 3.50. The van der Waals surface area contributed by atoms with Crippen molar-refractivity contribution in [2.24, 2.45) is 0 Å². The number of benzene rings is 1. The maximum Gasteiger partial charge on any atom is 0.263 e. The summed E-state index contributed by atoms with van der Waals surface area (Å²) in [5.74, 6) is 0. The Bertz CT molecular complexity index is 700. The summed E-state index contributed by atoms with van der Waals surface area (Å²) < 4.78 is 26.7. The Morgan fingerprint density at radius 2 is 1.89 bits per heavy atom. The van der Waals surface area contributed by atoms with Crippen molar-refractivity contribution in [3.05, 3.63) is 52.3 Å². The van der Waals surface area contributed by atoms with Gasteiger partial charge in [0.15, 0.2) is 0 Å². The molecule has 2 rings (SSSR count). The minimum absolute atomic E-state index is 0.0382. The van der Waals surface area contributed by atoms with E-state index < -0.39 is 10.0 Å². The van der Waals surface area contributed by atoms with Crippen molar-refractivity contribution in [2.75, 3.05) is 4.72 Å². The fraction of sp³-hybridized carbons (Fsp3) is 0.0833. The van der Waals surface area contributed by atoms with E-state index in [9.17, 15) is 8.42 Å². The van der Waals surface area contributed by atoms with Crippen molar-refractivity contribution >= 4 is 38.9 Å². The lowest BCUT2D eigenvalue weighted by Gasteiger charge is -2.11. The number of nitrogens with zero attached hydrogens (tertiary/aromatic N) is 1. The largest absolute Gasteiger partial charge is 0.279 e. The number of aromatic nitrogens is 1. The molecule has 0 radical (unpaired) electrons. The van der Waals surface area contributed by atoms with Crippen LogP contribution in [0.15, 0.2) is 41.4 Å². The highest BCUT2D eigenvalue weighted by atomic mass is 35.5. The van der Waals surface area contributed by atoms with E-state index >= 15 is 0 Å². The van der Waals surface area contributed by atoms with E-state index in [1.54, 1.807) is 25.1 Å². The second-order valence-corrected chi connectivity index (χ2v) is 6.31. The average molecular weight is 317 g/mol. The number of hydrogen-bond acceptors (Lipinski definition) is 3. The molecule has 2 aromatic rings. The number of hydrogen-bond donors (Lipinski definition) is 1. The minimum Gasteiger partial charge on any atom is -0.279 e. The van der Waals surface area contributed by atoms with Crippen LogP contribution in [0.2, 0.25) is 10.2 Å². The molecular formula is C12H10Cl2N2O2S. The molecule has 0 bridgehead atoms. The van der Waals surface area contributed by atoms with Gasteiger partial charge in [0.2, 0.25) is 0 Å². The van der Waals surface area contributed by atoms with Gasteiger partial charge in [-0.15, -0.1) is 0 Å². The topological polar surface area (TPSA) is 59.1 Å². The third kappa shape index (κ3) is 3.18. The van der Waals surface area contributed by atoms with E-state index in [1.165, 1.54) is 18.3 Å². The van der Waals surface area contributed by atoms with E-state index in [2.05, 4.69) is 9.71 Å². The third-order valence-corrected chi connectivity index (χ3v) is 4.51. The highest BCUT2D eigenvalue weighted by Gasteiger charge is 2.16. The minimum atomic E-state index is -3.70. The molecule has 0 aliphatic rings. The molecule has 1 aromatic heterocycles. The number of rotatable bonds is 3. The fourth-order valence-electron chi connectivity index (χ4n) is 1.44. The van der Waals surface area contributed by atoms with E-state index in [-0.39, 0.29) is 10.0 Å². The molecule has 1 heterocycles. The van der Waals surface area contributed by atoms with Gasteiger partial charge in [-0.2, -0.15) is 0 Å². The van der Waals surface area contributed by atoms with Crippen LogP contribution in [0, 0.1) is 6.92 Å². The quantitative estimate of drug-likeness (QED) is 0.882. The van der Waals surface area contributed by atoms with Crippen molar-refractivity contribution in [2.45, 2.75) is 11.8 Å². The van der Waals surface area contributed by atoms with Crippen LogP contribution in [0.5, 0.6) is 0 Å². The maximum atomic E-state index is 12.1. The van der Waals surface area contributed by atoms with Crippen LogP contribution in [0.25, 0.3) is 0 Å². The van der Waals surface area contributed by atoms with Gasteiger partial charge in [-0.1, -0.05) is 29.3 Å². The number of sulfonamides is 1. The lowest BCUT2D eigenvalue weighted by atomic mass is 10.2. The van der Waals surface area contributed by atoms with Crippen molar-refractivity contribution in [1.29, 1.82) is 0 Å². The van der Waals surface area contributed by atoms with Gasteiger partial charge in [-0.3, -0.25) is 4.72 Å². The second-order valence-electron chi connectivity index (χ2n) is 3.83. The number of pyridine rings is 1. The highest BCUT2D eigenvalue weighted by Crippen LogP contribution is 2.25. The Balaban J connectivity index is 2.36. The van der Waals surface area contributed by atoms with Crippen LogP contribution in [0.3, 0.4) is 0 Å². The van der Waals surface area contributed by atoms with E-state index in [0.29, 0.717) is 16.3 Å². The SMILES string of the molecule is Cc1c(Cl)cccc1NS(=O)(=O)c1ccc(Cl)nc1. The summed E-state index contributed by atoms with van der Waals surface area (Å²) in [7, 11) is -3.70. The van der Waals surface area contributed by atoms with Gasteiger partial charge in [-0.05, 0) is 36.8 Å². The van der Waals surface area contributed by atoms with Crippen molar-refractivity contribution < 1.29 is 8.42 Å². The Morgan fingerprint density at radius 1 is 1.16 bits per heavy atom. The first-order chi connectivity index (χ1) is 8.90. The number of halogens is 2. The molecule has 0 aliphatic carbocycles. The lowest BCUT2D eigenvalue weighted by molar-refractivity contribution is 0.601. The van der Waals surface area contributed by atoms with Gasteiger partial charge < -0.3 is 0 Å². The molecule has 0 saturated carbocycles. The fourth-order valence-corrected chi connectivity index (χ4v) is 2.80. The molecule has 0 spiro atoms. The molecule has 100 valence electrons. The summed E-state index contributed by atoms with van der Waals surface area (Å²) in [5, 5.41) is 0.729. The third-order valence-electron chi connectivity index (χ3n) is 2.52. The molecule has 1 N–H and O–H groups in total. The predicted molar refractivity (Wildman–Crippen MR) is 76.2 cm³/mol. The molecule has 7 heteroatoms. The molecule has 0 amide bonds. The molecular weight excluding hydrogens is 307 g/mol. The van der Waals surface area contributed by atoms with Gasteiger partial charge in [0.1, 0.15) is 10.0 Å². The second kappa shape index (κ2) is 5.36. The van der Waals surface area contributed by atoms with E-state index in [0.717, 1.165) is 0 Å². The van der Waals surface area contributed by atoms with Gasteiger partial charge >= 0.3 is 0 Å². The van der Waals surface area contributed by atoms with Crippen LogP contribution in [0.1, 0.15) is 5.56 Å². The first kappa shape index (κ1) is 14.1. The zero-order valence-electron chi connectivity index (χ0n) is 9.89. The molecule has 0 unspecified atom stereocenters. The summed E-state index contributed by atoms with van der Waals surface area (Å²) in [6.45, 7) is 1.74. The van der Waals surface area contributed by atoms with Crippen LogP contribution in [-0.2, 0) is 10.0 Å².